The summed E-state index contributed by atoms with van der Waals surface area (Å²) in [7, 11) is -0.227. The number of benzene rings is 1. The van der Waals surface area contributed by atoms with E-state index in [4.69, 9.17) is 4.74 Å². The Hall–Kier alpha value is -1.55. The fraction of sp³-hybridized carbons (Fsp3) is 0.375. The highest BCUT2D eigenvalue weighted by atomic mass is 32.2. The van der Waals surface area contributed by atoms with Gasteiger partial charge in [0.2, 0.25) is 5.25 Å². The van der Waals surface area contributed by atoms with Gasteiger partial charge < -0.3 is 4.74 Å². The van der Waals surface area contributed by atoms with Gasteiger partial charge in [-0.3, -0.25) is 4.79 Å². The summed E-state index contributed by atoms with van der Waals surface area (Å²) >= 11 is 0. The Kier molecular flexibility index (Phi) is 6.52. The molecule has 0 saturated carbocycles. The molecule has 0 fully saturated rings. The second-order valence-electron chi connectivity index (χ2n) is 4.59. The molecule has 0 aliphatic carbocycles. The van der Waals surface area contributed by atoms with E-state index in [0.29, 0.717) is 6.61 Å². The number of carbonyl (C=O) groups is 2. The first kappa shape index (κ1) is 16.5. The Morgan fingerprint density at radius 2 is 1.85 bits per heavy atom. The summed E-state index contributed by atoms with van der Waals surface area (Å²) in [5, 5.41) is -0.402. The molecule has 1 aromatic carbocycles. The van der Waals surface area contributed by atoms with Gasteiger partial charge in [0.1, 0.15) is 0 Å². The number of ether oxygens (including phenoxy) is 1. The van der Waals surface area contributed by atoms with E-state index >= 15 is 0 Å². The van der Waals surface area contributed by atoms with Gasteiger partial charge in [-0.05, 0) is 25.5 Å². The molecule has 4 heteroatoms. The highest BCUT2D eigenvalue weighted by Gasteiger charge is 2.36. The standard InChI is InChI=1S/C16H21O3S/c1-5-19-16(18)15(20(3)4)14(11-12(2)17)13-9-7-6-8-10-13/h6-11,15H,5H2,1-4H3/q+1. The molecule has 0 spiro atoms. The summed E-state index contributed by atoms with van der Waals surface area (Å²) in [4.78, 5) is 23.7. The molecule has 0 amide bonds. The lowest BCUT2D eigenvalue weighted by Crippen LogP contribution is -2.32. The number of hydrogen-bond acceptors (Lipinski definition) is 3. The summed E-state index contributed by atoms with van der Waals surface area (Å²) in [6.07, 6.45) is 5.51. The molecule has 0 heterocycles. The zero-order valence-corrected chi connectivity index (χ0v) is 13.2. The maximum atomic E-state index is 12.2. The molecule has 0 aliphatic heterocycles. The number of ketones is 1. The lowest BCUT2D eigenvalue weighted by atomic mass is 10.0. The SMILES string of the molecule is CCOC(=O)C(C(=CC(C)=O)c1ccccc1)[S+](C)C. The predicted octanol–water partition coefficient (Wildman–Crippen LogP) is 2.47. The second-order valence-corrected chi connectivity index (χ2v) is 6.82. The van der Waals surface area contributed by atoms with Gasteiger partial charge in [0.05, 0.1) is 19.1 Å². The van der Waals surface area contributed by atoms with Crippen molar-refractivity contribution < 1.29 is 14.3 Å². The molecule has 0 radical (unpaired) electrons. The first-order chi connectivity index (χ1) is 9.47. The van der Waals surface area contributed by atoms with Crippen molar-refractivity contribution in [1.82, 2.24) is 0 Å². The second kappa shape index (κ2) is 7.90. The maximum absolute atomic E-state index is 12.2. The first-order valence-corrected chi connectivity index (χ1v) is 8.58. The van der Waals surface area contributed by atoms with Gasteiger partial charge in [-0.2, -0.15) is 0 Å². The van der Waals surface area contributed by atoms with E-state index in [9.17, 15) is 9.59 Å². The van der Waals surface area contributed by atoms with Crippen molar-refractivity contribution in [2.75, 3.05) is 19.1 Å². The van der Waals surface area contributed by atoms with Gasteiger partial charge in [0, 0.05) is 16.5 Å². The van der Waals surface area contributed by atoms with Gasteiger partial charge in [-0.25, -0.2) is 4.79 Å². The van der Waals surface area contributed by atoms with Crippen LogP contribution in [0.2, 0.25) is 0 Å². The third-order valence-electron chi connectivity index (χ3n) is 2.72. The van der Waals surface area contributed by atoms with Gasteiger partial charge in [0.15, 0.2) is 5.78 Å². The molecule has 20 heavy (non-hydrogen) atoms. The van der Waals surface area contributed by atoms with Crippen molar-refractivity contribution in [3.63, 3.8) is 0 Å². The van der Waals surface area contributed by atoms with Crippen molar-refractivity contribution in [1.29, 1.82) is 0 Å². The Labute approximate surface area is 123 Å². The normalized spacial score (nSPS) is 13.2. The van der Waals surface area contributed by atoms with Crippen LogP contribution in [-0.4, -0.2) is 36.1 Å². The molecule has 0 N–H and O–H groups in total. The molecule has 1 atom stereocenters. The lowest BCUT2D eigenvalue weighted by Gasteiger charge is -2.16. The summed E-state index contributed by atoms with van der Waals surface area (Å²) in [6, 6.07) is 9.53. The zero-order chi connectivity index (χ0) is 15.1. The van der Waals surface area contributed by atoms with Crippen LogP contribution in [0.25, 0.3) is 5.57 Å². The summed E-state index contributed by atoms with van der Waals surface area (Å²) in [6.45, 7) is 3.62. The van der Waals surface area contributed by atoms with Crippen molar-refractivity contribution in [3.05, 3.63) is 42.0 Å². The average Bonchev–Trinajstić information content (AvgIpc) is 2.38. The number of rotatable bonds is 6. The Balaban J connectivity index is 3.27. The lowest BCUT2D eigenvalue weighted by molar-refractivity contribution is -0.141. The number of allylic oxidation sites excluding steroid dienone is 1. The minimum Gasteiger partial charge on any atom is -0.462 e. The summed E-state index contributed by atoms with van der Waals surface area (Å²) in [5.74, 6) is -0.333. The van der Waals surface area contributed by atoms with Crippen molar-refractivity contribution in [2.24, 2.45) is 0 Å². The van der Waals surface area contributed by atoms with Crippen LogP contribution in [0.1, 0.15) is 19.4 Å². The maximum Gasteiger partial charge on any atom is 0.364 e. The molecular formula is C16H21O3S+. The largest absolute Gasteiger partial charge is 0.462 e. The number of carbonyl (C=O) groups excluding carboxylic acids is 2. The Morgan fingerprint density at radius 1 is 1.25 bits per heavy atom. The minimum atomic E-state index is -0.402. The molecule has 1 rings (SSSR count). The smallest absolute Gasteiger partial charge is 0.364 e. The minimum absolute atomic E-state index is 0.0661. The van der Waals surface area contributed by atoms with Crippen molar-refractivity contribution >= 4 is 28.2 Å². The van der Waals surface area contributed by atoms with E-state index in [2.05, 4.69) is 0 Å². The van der Waals surface area contributed by atoms with E-state index in [-0.39, 0.29) is 22.6 Å². The van der Waals surface area contributed by atoms with Crippen molar-refractivity contribution in [2.45, 2.75) is 19.1 Å². The van der Waals surface area contributed by atoms with Crippen LogP contribution in [0.15, 0.2) is 36.4 Å². The van der Waals surface area contributed by atoms with Crippen LogP contribution in [0.4, 0.5) is 0 Å². The molecule has 0 bridgehead atoms. The van der Waals surface area contributed by atoms with Crippen LogP contribution in [-0.2, 0) is 25.2 Å². The summed E-state index contributed by atoms with van der Waals surface area (Å²) in [5.41, 5.74) is 1.63. The van der Waals surface area contributed by atoms with Gasteiger partial charge >= 0.3 is 5.97 Å². The average molecular weight is 293 g/mol. The molecule has 0 saturated heterocycles. The number of esters is 1. The van der Waals surface area contributed by atoms with Gasteiger partial charge in [-0.1, -0.05) is 30.3 Å². The quantitative estimate of drug-likeness (QED) is 0.460. The first-order valence-electron chi connectivity index (χ1n) is 6.48. The molecule has 1 unspecified atom stereocenters. The molecule has 3 nitrogen and oxygen atoms in total. The molecule has 0 aliphatic rings. The van der Waals surface area contributed by atoms with Crippen LogP contribution in [0.3, 0.4) is 0 Å². The van der Waals surface area contributed by atoms with Crippen LogP contribution in [0, 0.1) is 0 Å². The van der Waals surface area contributed by atoms with E-state index in [1.807, 2.05) is 42.8 Å². The fourth-order valence-corrected chi connectivity index (χ4v) is 3.12. The molecule has 1 aromatic rings. The Morgan fingerprint density at radius 3 is 2.30 bits per heavy atom. The summed E-state index contributed by atoms with van der Waals surface area (Å²) < 4.78 is 5.17. The van der Waals surface area contributed by atoms with E-state index < -0.39 is 5.25 Å². The highest BCUT2D eigenvalue weighted by molar-refractivity contribution is 7.97. The highest BCUT2D eigenvalue weighted by Crippen LogP contribution is 2.25. The Bertz CT molecular complexity index is 492. The molecular weight excluding hydrogens is 272 g/mol. The van der Waals surface area contributed by atoms with Crippen LogP contribution in [0.5, 0.6) is 0 Å². The van der Waals surface area contributed by atoms with E-state index in [1.54, 1.807) is 13.0 Å². The van der Waals surface area contributed by atoms with Crippen LogP contribution < -0.4 is 0 Å². The fourth-order valence-electron chi connectivity index (χ4n) is 1.95. The third kappa shape index (κ3) is 4.53. The van der Waals surface area contributed by atoms with Crippen molar-refractivity contribution in [3.8, 4) is 0 Å². The molecule has 0 aromatic heterocycles. The van der Waals surface area contributed by atoms with E-state index in [1.165, 1.54) is 6.92 Å². The predicted molar refractivity (Wildman–Crippen MR) is 84.7 cm³/mol. The van der Waals surface area contributed by atoms with E-state index in [0.717, 1.165) is 11.1 Å². The molecule has 108 valence electrons. The topological polar surface area (TPSA) is 43.4 Å². The van der Waals surface area contributed by atoms with Gasteiger partial charge in [-0.15, -0.1) is 0 Å². The van der Waals surface area contributed by atoms with Gasteiger partial charge in [0.25, 0.3) is 0 Å². The zero-order valence-electron chi connectivity index (χ0n) is 12.4. The third-order valence-corrected chi connectivity index (χ3v) is 4.11. The number of hydrogen-bond donors (Lipinski definition) is 0. The van der Waals surface area contributed by atoms with Crippen LogP contribution >= 0.6 is 0 Å². The monoisotopic (exact) mass is 293 g/mol.